The molecule has 1 atom stereocenters. The van der Waals surface area contributed by atoms with E-state index in [2.05, 4.69) is 25.0 Å². The van der Waals surface area contributed by atoms with Crippen LogP contribution < -0.4 is 5.32 Å². The average molecular weight is 518 g/mol. The lowest BCUT2D eigenvalue weighted by Gasteiger charge is -2.18. The van der Waals surface area contributed by atoms with Crippen LogP contribution in [0.3, 0.4) is 0 Å². The molecule has 0 aliphatic rings. The van der Waals surface area contributed by atoms with Gasteiger partial charge in [-0.05, 0) is 32.0 Å². The number of aryl methyl sites for hydroxylation is 1. The van der Waals surface area contributed by atoms with Crippen LogP contribution in [0.15, 0.2) is 30.6 Å². The number of hydrogen-bond acceptors (Lipinski definition) is 7. The molecule has 2 heterocycles. The van der Waals surface area contributed by atoms with Gasteiger partial charge in [-0.2, -0.15) is 26.3 Å². The lowest BCUT2D eigenvalue weighted by Crippen LogP contribution is -2.28. The summed E-state index contributed by atoms with van der Waals surface area (Å²) in [6.45, 7) is 3.02. The molecular weight excluding hydrogens is 502 g/mol. The molecule has 0 saturated carbocycles. The Morgan fingerprint density at radius 1 is 1.00 bits per heavy atom. The molecule has 0 fully saturated rings. The summed E-state index contributed by atoms with van der Waals surface area (Å²) in [6, 6.07) is -0.391. The molecule has 3 aromatic rings. The summed E-state index contributed by atoms with van der Waals surface area (Å²) in [5, 5.41) is 2.60. The molecule has 1 amide bonds. The van der Waals surface area contributed by atoms with E-state index in [0.717, 1.165) is 11.3 Å². The van der Waals surface area contributed by atoms with Crippen LogP contribution in [0.5, 0.6) is 0 Å². The number of nitrogens with one attached hydrogen (secondary N) is 1. The second kappa shape index (κ2) is 9.60. The fourth-order valence-corrected chi connectivity index (χ4v) is 3.82. The third-order valence-electron chi connectivity index (χ3n) is 4.62. The van der Waals surface area contributed by atoms with Gasteiger partial charge in [-0.3, -0.25) is 9.78 Å². The third kappa shape index (κ3) is 5.93. The summed E-state index contributed by atoms with van der Waals surface area (Å²) < 4.78 is 83.5. The van der Waals surface area contributed by atoms with Gasteiger partial charge in [0.05, 0.1) is 41.9 Å². The molecule has 14 heteroatoms. The Morgan fingerprint density at radius 3 is 2.14 bits per heavy atom. The van der Waals surface area contributed by atoms with Crippen LogP contribution in [-0.2, 0) is 17.1 Å². The van der Waals surface area contributed by atoms with Crippen molar-refractivity contribution in [2.24, 2.45) is 0 Å². The summed E-state index contributed by atoms with van der Waals surface area (Å²) in [6.07, 6.45) is -7.55. The predicted octanol–water partition coefficient (Wildman–Crippen LogP) is 5.22. The number of benzene rings is 1. The van der Waals surface area contributed by atoms with E-state index >= 15 is 0 Å². The number of methoxy groups -OCH3 is 1. The molecular formula is C21H16F6N4O3S. The Balaban J connectivity index is 1.97. The lowest BCUT2D eigenvalue weighted by molar-refractivity contribution is -0.143. The summed E-state index contributed by atoms with van der Waals surface area (Å²) >= 11 is 0.930. The largest absolute Gasteiger partial charge is 0.465 e. The fourth-order valence-electron chi connectivity index (χ4n) is 2.98. The maximum atomic E-state index is 13.1. The van der Waals surface area contributed by atoms with Crippen molar-refractivity contribution >= 4 is 23.2 Å². The second-order valence-corrected chi connectivity index (χ2v) is 8.29. The van der Waals surface area contributed by atoms with Crippen molar-refractivity contribution in [1.82, 2.24) is 20.3 Å². The van der Waals surface area contributed by atoms with E-state index in [1.807, 2.05) is 0 Å². The highest BCUT2D eigenvalue weighted by molar-refractivity contribution is 7.16. The minimum atomic E-state index is -5.10. The molecule has 0 bridgehead atoms. The predicted molar refractivity (Wildman–Crippen MR) is 112 cm³/mol. The molecule has 1 N–H and O–H groups in total. The van der Waals surface area contributed by atoms with Gasteiger partial charge in [0.2, 0.25) is 0 Å². The van der Waals surface area contributed by atoms with Gasteiger partial charge in [0.1, 0.15) is 15.6 Å². The standard InChI is InChI=1S/C21H16F6N4O3S/c1-9-7-28-16(18-29-8-14(35-18)19(33)34-3)15(30-9)10(2)31-17(32)11-4-12(20(22,23)24)6-13(5-11)21(25,26)27/h4-8,10H,1-3H3,(H,31,32). The first-order valence-electron chi connectivity index (χ1n) is 9.69. The van der Waals surface area contributed by atoms with E-state index < -0.39 is 47.0 Å². The number of thiazole rings is 1. The van der Waals surface area contributed by atoms with E-state index in [1.165, 1.54) is 26.4 Å². The first-order chi connectivity index (χ1) is 16.2. The molecule has 0 aliphatic carbocycles. The number of amides is 1. The zero-order valence-electron chi connectivity index (χ0n) is 18.2. The number of hydrogen-bond donors (Lipinski definition) is 1. The number of aromatic nitrogens is 3. The van der Waals surface area contributed by atoms with Crippen LogP contribution >= 0.6 is 11.3 Å². The quantitative estimate of drug-likeness (QED) is 0.368. The number of esters is 1. The number of carbonyl (C=O) groups excluding carboxylic acids is 2. The number of rotatable bonds is 5. The Labute approximate surface area is 198 Å². The average Bonchev–Trinajstić information content (AvgIpc) is 3.27. The highest BCUT2D eigenvalue weighted by atomic mass is 32.1. The van der Waals surface area contributed by atoms with Gasteiger partial charge in [0, 0.05) is 11.8 Å². The van der Waals surface area contributed by atoms with Crippen molar-refractivity contribution in [3.05, 3.63) is 63.5 Å². The van der Waals surface area contributed by atoms with Crippen LogP contribution in [-0.4, -0.2) is 33.9 Å². The van der Waals surface area contributed by atoms with Crippen molar-refractivity contribution in [3.8, 4) is 10.7 Å². The molecule has 1 unspecified atom stereocenters. The van der Waals surface area contributed by atoms with Crippen LogP contribution in [0.4, 0.5) is 26.3 Å². The van der Waals surface area contributed by atoms with Crippen molar-refractivity contribution in [3.63, 3.8) is 0 Å². The Bertz CT molecular complexity index is 1240. The zero-order chi connectivity index (χ0) is 26.1. The summed E-state index contributed by atoms with van der Waals surface area (Å²) in [5.74, 6) is -1.82. The summed E-state index contributed by atoms with van der Waals surface area (Å²) in [4.78, 5) is 37.2. The second-order valence-electron chi connectivity index (χ2n) is 7.26. The van der Waals surface area contributed by atoms with Gasteiger partial charge in [0.15, 0.2) is 0 Å². The Kier molecular flexibility index (Phi) is 7.15. The molecule has 0 spiro atoms. The maximum absolute atomic E-state index is 13.1. The van der Waals surface area contributed by atoms with Crippen LogP contribution in [0, 0.1) is 6.92 Å². The first kappa shape index (κ1) is 26.1. The Morgan fingerprint density at radius 2 is 1.60 bits per heavy atom. The summed E-state index contributed by atoms with van der Waals surface area (Å²) in [5.41, 5.74) is -3.31. The van der Waals surface area contributed by atoms with Crippen molar-refractivity contribution in [2.45, 2.75) is 32.2 Å². The molecule has 0 saturated heterocycles. The minimum absolute atomic E-state index is 0.0638. The van der Waals surface area contributed by atoms with Crippen molar-refractivity contribution < 1.29 is 40.7 Å². The topological polar surface area (TPSA) is 94.1 Å². The number of nitrogens with zero attached hydrogens (tertiary/aromatic N) is 3. The molecule has 1 aromatic carbocycles. The number of alkyl halides is 6. The van der Waals surface area contributed by atoms with Gasteiger partial charge in [-0.15, -0.1) is 11.3 Å². The van der Waals surface area contributed by atoms with Crippen LogP contribution in [0.1, 0.15) is 55.5 Å². The summed E-state index contributed by atoms with van der Waals surface area (Å²) in [7, 11) is 1.19. The van der Waals surface area contributed by atoms with E-state index in [4.69, 9.17) is 0 Å². The van der Waals surface area contributed by atoms with Crippen molar-refractivity contribution in [2.75, 3.05) is 7.11 Å². The monoisotopic (exact) mass is 518 g/mol. The van der Waals surface area contributed by atoms with Crippen LogP contribution in [0.25, 0.3) is 10.7 Å². The fraction of sp³-hybridized carbons (Fsp3) is 0.286. The highest BCUT2D eigenvalue weighted by Crippen LogP contribution is 2.36. The van der Waals surface area contributed by atoms with Crippen molar-refractivity contribution in [1.29, 1.82) is 0 Å². The number of carbonyl (C=O) groups is 2. The van der Waals surface area contributed by atoms with E-state index in [1.54, 1.807) is 6.92 Å². The first-order valence-corrected chi connectivity index (χ1v) is 10.5. The molecule has 0 radical (unpaired) electrons. The van der Waals surface area contributed by atoms with E-state index in [0.29, 0.717) is 17.8 Å². The van der Waals surface area contributed by atoms with E-state index in [9.17, 15) is 35.9 Å². The van der Waals surface area contributed by atoms with Crippen LogP contribution in [0.2, 0.25) is 0 Å². The number of ether oxygens (including phenoxy) is 1. The van der Waals surface area contributed by atoms with E-state index in [-0.39, 0.29) is 27.3 Å². The van der Waals surface area contributed by atoms with Gasteiger partial charge >= 0.3 is 18.3 Å². The van der Waals surface area contributed by atoms with Gasteiger partial charge < -0.3 is 10.1 Å². The van der Waals surface area contributed by atoms with Gasteiger partial charge in [0.25, 0.3) is 5.91 Å². The molecule has 7 nitrogen and oxygen atoms in total. The molecule has 186 valence electrons. The molecule has 2 aromatic heterocycles. The minimum Gasteiger partial charge on any atom is -0.465 e. The molecule has 35 heavy (non-hydrogen) atoms. The SMILES string of the molecule is COC(=O)c1cnc(-c2ncc(C)nc2C(C)NC(=O)c2cc(C(F)(F)F)cc(C(F)(F)F)c2)s1. The van der Waals surface area contributed by atoms with Gasteiger partial charge in [-0.1, -0.05) is 0 Å². The molecule has 3 rings (SSSR count). The Hall–Kier alpha value is -3.55. The normalized spacial score (nSPS) is 12.8. The highest BCUT2D eigenvalue weighted by Gasteiger charge is 2.37. The smallest absolute Gasteiger partial charge is 0.416 e. The third-order valence-corrected chi connectivity index (χ3v) is 5.61. The zero-order valence-corrected chi connectivity index (χ0v) is 19.0. The lowest BCUT2D eigenvalue weighted by atomic mass is 10.0. The van der Waals surface area contributed by atoms with Gasteiger partial charge in [-0.25, -0.2) is 14.8 Å². The number of halogens is 6. The molecule has 0 aliphatic heterocycles. The maximum Gasteiger partial charge on any atom is 0.416 e.